The smallest absolute Gasteiger partial charge is 0.281 e. The van der Waals surface area contributed by atoms with Crippen LogP contribution >= 0.6 is 11.8 Å². The second kappa shape index (κ2) is 10.5. The summed E-state index contributed by atoms with van der Waals surface area (Å²) < 4.78 is 5.04. The van der Waals surface area contributed by atoms with Crippen molar-refractivity contribution in [2.45, 2.75) is 32.2 Å². The number of amides is 2. The highest BCUT2D eigenvalue weighted by Gasteiger charge is 2.34. The normalized spacial score (nSPS) is 12.2. The third-order valence-corrected chi connectivity index (χ3v) is 5.61. The van der Waals surface area contributed by atoms with Gasteiger partial charge in [0.05, 0.1) is 0 Å². The summed E-state index contributed by atoms with van der Waals surface area (Å²) in [5.74, 6) is 0.0446. The number of hydrogen-bond donors (Lipinski definition) is 1. The molecule has 3 rings (SSSR count). The number of pyridine rings is 1. The molecule has 2 heterocycles. The summed E-state index contributed by atoms with van der Waals surface area (Å²) in [6.07, 6.45) is 7.69. The average Bonchev–Trinajstić information content (AvgIpc) is 3.32. The Morgan fingerprint density at radius 2 is 1.94 bits per heavy atom. The molecule has 1 N–H and O–H groups in total. The van der Waals surface area contributed by atoms with E-state index in [1.807, 2.05) is 30.5 Å². The topological polar surface area (TPSA) is 88.3 Å². The van der Waals surface area contributed by atoms with E-state index in [4.69, 9.17) is 4.42 Å². The van der Waals surface area contributed by atoms with E-state index < -0.39 is 11.9 Å². The van der Waals surface area contributed by atoms with Crippen LogP contribution in [0.4, 0.5) is 5.69 Å². The first-order valence-electron chi connectivity index (χ1n) is 10.3. The van der Waals surface area contributed by atoms with Gasteiger partial charge in [-0.05, 0) is 35.4 Å². The summed E-state index contributed by atoms with van der Waals surface area (Å²) in [7, 11) is 0. The van der Waals surface area contributed by atoms with Crippen molar-refractivity contribution >= 4 is 29.3 Å². The minimum Gasteiger partial charge on any atom is -0.451 e. The van der Waals surface area contributed by atoms with E-state index in [9.17, 15) is 9.59 Å². The molecule has 2 amide bonds. The minimum absolute atomic E-state index is 0.0442. The number of anilines is 1. The molecule has 1 atom stereocenters. The van der Waals surface area contributed by atoms with Crippen LogP contribution in [0.15, 0.2) is 65.9 Å². The third kappa shape index (κ3) is 5.56. The molecule has 1 unspecified atom stereocenters. The average molecular weight is 453 g/mol. The zero-order valence-corrected chi connectivity index (χ0v) is 19.6. The lowest BCUT2D eigenvalue weighted by Gasteiger charge is -2.31. The Balaban J connectivity index is 2.09. The van der Waals surface area contributed by atoms with Crippen molar-refractivity contribution in [3.63, 3.8) is 0 Å². The van der Waals surface area contributed by atoms with Gasteiger partial charge in [0.15, 0.2) is 12.1 Å². The molecule has 32 heavy (non-hydrogen) atoms. The van der Waals surface area contributed by atoms with Gasteiger partial charge in [0.1, 0.15) is 12.3 Å². The molecule has 2 aromatic heterocycles. The quantitative estimate of drug-likeness (QED) is 0.515. The highest BCUT2D eigenvalue weighted by molar-refractivity contribution is 7.98. The lowest BCUT2D eigenvalue weighted by molar-refractivity contribution is -0.122. The van der Waals surface area contributed by atoms with E-state index in [0.717, 1.165) is 11.3 Å². The molecule has 0 bridgehead atoms. The van der Waals surface area contributed by atoms with E-state index in [2.05, 4.69) is 36.1 Å². The van der Waals surface area contributed by atoms with Crippen molar-refractivity contribution in [1.82, 2.24) is 15.3 Å². The molecule has 0 aliphatic heterocycles. The summed E-state index contributed by atoms with van der Waals surface area (Å²) in [6, 6.07) is 10.3. The van der Waals surface area contributed by atoms with Gasteiger partial charge in [-0.1, -0.05) is 39.0 Å². The number of thioether (sulfide) groups is 1. The van der Waals surface area contributed by atoms with Gasteiger partial charge in [0, 0.05) is 35.9 Å². The van der Waals surface area contributed by atoms with Crippen LogP contribution in [0.5, 0.6) is 0 Å². The van der Waals surface area contributed by atoms with Crippen LogP contribution in [-0.4, -0.2) is 40.3 Å². The first-order chi connectivity index (χ1) is 15.3. The standard InChI is InChI=1S/C24H28N4O3S/c1-24(2,3)18-7-9-19(10-8-18)28(23(30)20-15-31-16-27-20)21(17-6-5-11-25-14-17)22(29)26-12-13-32-4/h5-11,14-16,21H,12-13H2,1-4H3,(H,26,29). The van der Waals surface area contributed by atoms with Gasteiger partial charge in [0.25, 0.3) is 5.91 Å². The second-order valence-corrected chi connectivity index (χ2v) is 9.30. The van der Waals surface area contributed by atoms with Crippen molar-refractivity contribution in [1.29, 1.82) is 0 Å². The van der Waals surface area contributed by atoms with Crippen LogP contribution in [0, 0.1) is 0 Å². The lowest BCUT2D eigenvalue weighted by atomic mass is 9.87. The zero-order valence-electron chi connectivity index (χ0n) is 18.7. The Hall–Kier alpha value is -3.13. The monoisotopic (exact) mass is 452 g/mol. The molecule has 0 spiro atoms. The van der Waals surface area contributed by atoms with Crippen LogP contribution in [0.1, 0.15) is 48.4 Å². The van der Waals surface area contributed by atoms with Crippen molar-refractivity contribution in [3.05, 3.63) is 78.3 Å². The molecule has 8 heteroatoms. The van der Waals surface area contributed by atoms with Gasteiger partial charge in [-0.25, -0.2) is 4.98 Å². The summed E-state index contributed by atoms with van der Waals surface area (Å²) >= 11 is 1.63. The maximum absolute atomic E-state index is 13.5. The van der Waals surface area contributed by atoms with E-state index in [1.165, 1.54) is 17.6 Å². The number of carbonyl (C=O) groups excluding carboxylic acids is 2. The molecular weight excluding hydrogens is 424 g/mol. The van der Waals surface area contributed by atoms with Crippen LogP contribution < -0.4 is 10.2 Å². The fourth-order valence-electron chi connectivity index (χ4n) is 3.28. The predicted octanol–water partition coefficient (Wildman–Crippen LogP) is 4.23. The molecule has 0 fully saturated rings. The largest absolute Gasteiger partial charge is 0.451 e. The summed E-state index contributed by atoms with van der Waals surface area (Å²) in [5.41, 5.74) is 2.39. The van der Waals surface area contributed by atoms with Gasteiger partial charge in [-0.3, -0.25) is 19.5 Å². The Labute approximate surface area is 192 Å². The number of aromatic nitrogens is 2. The van der Waals surface area contributed by atoms with E-state index in [1.54, 1.807) is 36.3 Å². The molecule has 7 nitrogen and oxygen atoms in total. The first kappa shape index (κ1) is 23.5. The number of nitrogens with one attached hydrogen (secondary N) is 1. The molecule has 0 aliphatic carbocycles. The van der Waals surface area contributed by atoms with Crippen molar-refractivity contribution < 1.29 is 14.0 Å². The highest BCUT2D eigenvalue weighted by Crippen LogP contribution is 2.31. The fraction of sp³-hybridized carbons (Fsp3) is 0.333. The number of oxazole rings is 1. The van der Waals surface area contributed by atoms with Crippen LogP contribution in [-0.2, 0) is 10.2 Å². The molecule has 3 aromatic rings. The zero-order chi connectivity index (χ0) is 23.1. The Kier molecular flexibility index (Phi) is 7.69. The molecule has 0 aliphatic rings. The van der Waals surface area contributed by atoms with Crippen molar-refractivity contribution in [2.75, 3.05) is 23.5 Å². The Morgan fingerprint density at radius 1 is 1.19 bits per heavy atom. The molecular formula is C24H28N4O3S. The van der Waals surface area contributed by atoms with Gasteiger partial charge < -0.3 is 9.73 Å². The summed E-state index contributed by atoms with van der Waals surface area (Å²) in [5, 5.41) is 2.94. The minimum atomic E-state index is -0.921. The van der Waals surface area contributed by atoms with Crippen LogP contribution in [0.3, 0.4) is 0 Å². The summed E-state index contributed by atoms with van der Waals surface area (Å²) in [6.45, 7) is 6.86. The maximum Gasteiger partial charge on any atom is 0.281 e. The van der Waals surface area contributed by atoms with E-state index >= 15 is 0 Å². The van der Waals surface area contributed by atoms with Gasteiger partial charge in [0.2, 0.25) is 5.91 Å². The highest BCUT2D eigenvalue weighted by atomic mass is 32.2. The molecule has 0 radical (unpaired) electrons. The Bertz CT molecular complexity index is 1020. The molecule has 1 aromatic carbocycles. The summed E-state index contributed by atoms with van der Waals surface area (Å²) in [4.78, 5) is 36.5. The Morgan fingerprint density at radius 3 is 2.50 bits per heavy atom. The third-order valence-electron chi connectivity index (χ3n) is 4.99. The molecule has 168 valence electrons. The fourth-order valence-corrected chi connectivity index (χ4v) is 3.58. The van der Waals surface area contributed by atoms with E-state index in [0.29, 0.717) is 17.8 Å². The number of benzene rings is 1. The number of hydrogen-bond acceptors (Lipinski definition) is 6. The second-order valence-electron chi connectivity index (χ2n) is 8.32. The number of carbonyl (C=O) groups is 2. The number of rotatable bonds is 8. The number of nitrogens with zero attached hydrogens (tertiary/aromatic N) is 3. The SMILES string of the molecule is CSCCNC(=O)C(c1cccnc1)N(C(=O)c1cocn1)c1ccc(C(C)(C)C)cc1. The predicted molar refractivity (Wildman–Crippen MR) is 127 cm³/mol. The van der Waals surface area contributed by atoms with Crippen molar-refractivity contribution in [3.8, 4) is 0 Å². The molecule has 0 saturated heterocycles. The van der Waals surface area contributed by atoms with Crippen LogP contribution in [0.2, 0.25) is 0 Å². The maximum atomic E-state index is 13.5. The van der Waals surface area contributed by atoms with E-state index in [-0.39, 0.29) is 17.0 Å². The van der Waals surface area contributed by atoms with Crippen molar-refractivity contribution in [2.24, 2.45) is 0 Å². The first-order valence-corrected chi connectivity index (χ1v) is 11.7. The van der Waals surface area contributed by atoms with Crippen LogP contribution in [0.25, 0.3) is 0 Å². The van der Waals surface area contributed by atoms with Gasteiger partial charge in [-0.15, -0.1) is 0 Å². The van der Waals surface area contributed by atoms with Gasteiger partial charge in [-0.2, -0.15) is 11.8 Å². The molecule has 0 saturated carbocycles. The lowest BCUT2D eigenvalue weighted by Crippen LogP contribution is -2.44. The van der Waals surface area contributed by atoms with Gasteiger partial charge >= 0.3 is 0 Å².